The van der Waals surface area contributed by atoms with Gasteiger partial charge >= 0.3 is 0 Å². The van der Waals surface area contributed by atoms with Crippen LogP contribution in [-0.4, -0.2) is 17.0 Å². The Morgan fingerprint density at radius 3 is 2.76 bits per heavy atom. The van der Waals surface area contributed by atoms with Gasteiger partial charge in [-0.25, -0.2) is 4.98 Å². The van der Waals surface area contributed by atoms with Gasteiger partial charge in [-0.2, -0.15) is 4.98 Å². The van der Waals surface area contributed by atoms with Gasteiger partial charge in [0.05, 0.1) is 10.9 Å². The zero-order valence-electron chi connectivity index (χ0n) is 11.5. The van der Waals surface area contributed by atoms with Crippen LogP contribution >= 0.6 is 15.9 Å². The van der Waals surface area contributed by atoms with Crippen LogP contribution < -0.4 is 10.1 Å². The van der Waals surface area contributed by atoms with Crippen LogP contribution in [0.15, 0.2) is 53.0 Å². The Morgan fingerprint density at radius 2 is 1.95 bits per heavy atom. The van der Waals surface area contributed by atoms with Crippen molar-refractivity contribution in [2.75, 3.05) is 12.4 Å². The molecule has 0 amide bonds. The molecule has 0 aliphatic heterocycles. The van der Waals surface area contributed by atoms with E-state index in [0.29, 0.717) is 18.4 Å². The van der Waals surface area contributed by atoms with E-state index in [-0.39, 0.29) is 0 Å². The van der Waals surface area contributed by atoms with Crippen molar-refractivity contribution in [1.82, 2.24) is 9.97 Å². The van der Waals surface area contributed by atoms with E-state index in [9.17, 15) is 0 Å². The third kappa shape index (κ3) is 3.13. The van der Waals surface area contributed by atoms with Crippen LogP contribution in [0, 0.1) is 0 Å². The Balaban J connectivity index is 1.92. The maximum Gasteiger partial charge on any atom is 0.226 e. The molecule has 1 aromatic heterocycles. The van der Waals surface area contributed by atoms with E-state index in [2.05, 4.69) is 31.2 Å². The molecule has 0 bridgehead atoms. The molecule has 0 aliphatic rings. The summed E-state index contributed by atoms with van der Waals surface area (Å²) >= 11 is 3.46. The number of aromatic nitrogens is 2. The molecule has 0 saturated heterocycles. The maximum atomic E-state index is 5.89. The Bertz CT molecular complexity index is 776. The van der Waals surface area contributed by atoms with E-state index < -0.39 is 0 Å². The first-order chi connectivity index (χ1) is 10.3. The number of fused-ring (bicyclic) bond motifs is 1. The molecule has 5 heteroatoms. The Labute approximate surface area is 131 Å². The Kier molecular flexibility index (Phi) is 4.01. The fourth-order valence-electron chi connectivity index (χ4n) is 2.05. The molecule has 21 heavy (non-hydrogen) atoms. The molecule has 0 atom stereocenters. The predicted octanol–water partition coefficient (Wildman–Crippen LogP) is 4.01. The third-order valence-corrected chi connectivity index (χ3v) is 3.55. The summed E-state index contributed by atoms with van der Waals surface area (Å²) < 4.78 is 6.93. The summed E-state index contributed by atoms with van der Waals surface area (Å²) in [4.78, 5) is 8.81. The van der Waals surface area contributed by atoms with Gasteiger partial charge in [0.1, 0.15) is 6.61 Å². The second kappa shape index (κ2) is 6.10. The molecule has 0 unspecified atom stereocenters. The highest BCUT2D eigenvalue weighted by Crippen LogP contribution is 2.24. The number of hydrogen-bond acceptors (Lipinski definition) is 4. The van der Waals surface area contributed by atoms with Crippen molar-refractivity contribution in [3.63, 3.8) is 0 Å². The summed E-state index contributed by atoms with van der Waals surface area (Å²) in [6.45, 7) is 0.462. The number of benzene rings is 2. The number of nitrogens with one attached hydrogen (secondary N) is 1. The topological polar surface area (TPSA) is 47.0 Å². The van der Waals surface area contributed by atoms with E-state index in [1.54, 1.807) is 7.05 Å². The van der Waals surface area contributed by atoms with Gasteiger partial charge in [-0.1, -0.05) is 40.2 Å². The fourth-order valence-corrected chi connectivity index (χ4v) is 2.49. The predicted molar refractivity (Wildman–Crippen MR) is 87.6 cm³/mol. The summed E-state index contributed by atoms with van der Waals surface area (Å²) in [5.74, 6) is 1.14. The van der Waals surface area contributed by atoms with Gasteiger partial charge in [0.15, 0.2) is 0 Å². The lowest BCUT2D eigenvalue weighted by Gasteiger charge is -2.10. The van der Waals surface area contributed by atoms with Crippen molar-refractivity contribution >= 4 is 32.8 Å². The van der Waals surface area contributed by atoms with Gasteiger partial charge in [0.25, 0.3) is 0 Å². The number of ether oxygens (including phenoxy) is 1. The van der Waals surface area contributed by atoms with Gasteiger partial charge in [-0.05, 0) is 29.8 Å². The number of hydrogen-bond donors (Lipinski definition) is 1. The lowest BCUT2D eigenvalue weighted by molar-refractivity contribution is 0.298. The average molecular weight is 344 g/mol. The van der Waals surface area contributed by atoms with Crippen LogP contribution in [0.4, 0.5) is 5.95 Å². The molecule has 1 heterocycles. The molecule has 3 rings (SSSR count). The average Bonchev–Trinajstić information content (AvgIpc) is 2.52. The molecule has 4 nitrogen and oxygen atoms in total. The first kappa shape index (κ1) is 13.8. The van der Waals surface area contributed by atoms with E-state index >= 15 is 0 Å². The van der Waals surface area contributed by atoms with Gasteiger partial charge in [-0.15, -0.1) is 0 Å². The fraction of sp³-hybridized carbons (Fsp3) is 0.125. The molecule has 3 aromatic rings. The Morgan fingerprint density at radius 1 is 1.10 bits per heavy atom. The molecule has 0 aliphatic carbocycles. The second-order valence-corrected chi connectivity index (χ2v) is 5.45. The van der Waals surface area contributed by atoms with Gasteiger partial charge in [-0.3, -0.25) is 0 Å². The minimum Gasteiger partial charge on any atom is -0.472 e. The smallest absolute Gasteiger partial charge is 0.226 e. The summed E-state index contributed by atoms with van der Waals surface area (Å²) in [5.41, 5.74) is 1.94. The van der Waals surface area contributed by atoms with Crippen LogP contribution in [-0.2, 0) is 6.61 Å². The number of para-hydroxylation sites is 1. The van der Waals surface area contributed by atoms with Crippen molar-refractivity contribution in [1.29, 1.82) is 0 Å². The molecule has 0 fully saturated rings. The highest BCUT2D eigenvalue weighted by molar-refractivity contribution is 9.10. The highest BCUT2D eigenvalue weighted by atomic mass is 79.9. The molecule has 0 radical (unpaired) electrons. The summed E-state index contributed by atoms with van der Waals surface area (Å²) in [6, 6.07) is 15.8. The van der Waals surface area contributed by atoms with Crippen LogP contribution in [0.2, 0.25) is 0 Å². The van der Waals surface area contributed by atoms with Crippen molar-refractivity contribution < 1.29 is 4.74 Å². The molecule has 0 saturated carbocycles. The molecular weight excluding hydrogens is 330 g/mol. The minimum absolute atomic E-state index is 0.462. The monoisotopic (exact) mass is 343 g/mol. The maximum absolute atomic E-state index is 5.89. The number of rotatable bonds is 4. The van der Waals surface area contributed by atoms with Gasteiger partial charge in [0.2, 0.25) is 11.8 Å². The van der Waals surface area contributed by atoms with Crippen molar-refractivity contribution in [3.8, 4) is 5.88 Å². The van der Waals surface area contributed by atoms with Crippen LogP contribution in [0.25, 0.3) is 10.9 Å². The third-order valence-electron chi connectivity index (χ3n) is 3.06. The number of anilines is 1. The van der Waals surface area contributed by atoms with Gasteiger partial charge < -0.3 is 10.1 Å². The normalized spacial score (nSPS) is 10.6. The Hall–Kier alpha value is -2.14. The molecular formula is C16H14BrN3O. The lowest BCUT2D eigenvalue weighted by Crippen LogP contribution is -2.02. The molecule has 106 valence electrons. The van der Waals surface area contributed by atoms with E-state index in [1.165, 1.54) is 0 Å². The SMILES string of the molecule is CNc1nc(OCc2cccc(Br)c2)c2ccccc2n1. The first-order valence-electron chi connectivity index (χ1n) is 6.58. The largest absolute Gasteiger partial charge is 0.472 e. The molecule has 1 N–H and O–H groups in total. The lowest BCUT2D eigenvalue weighted by atomic mass is 10.2. The molecule has 2 aromatic carbocycles. The standard InChI is InChI=1S/C16H14BrN3O/c1-18-16-19-14-8-3-2-7-13(14)15(20-16)21-10-11-5-4-6-12(17)9-11/h2-9H,10H2,1H3,(H,18,19,20). The second-order valence-electron chi connectivity index (χ2n) is 4.54. The van der Waals surface area contributed by atoms with Crippen molar-refractivity contribution in [2.24, 2.45) is 0 Å². The van der Waals surface area contributed by atoms with Crippen molar-refractivity contribution in [3.05, 3.63) is 58.6 Å². The zero-order valence-corrected chi connectivity index (χ0v) is 13.1. The summed E-state index contributed by atoms with van der Waals surface area (Å²) in [7, 11) is 1.79. The van der Waals surface area contributed by atoms with Crippen molar-refractivity contribution in [2.45, 2.75) is 6.61 Å². The zero-order chi connectivity index (χ0) is 14.7. The summed E-state index contributed by atoms with van der Waals surface area (Å²) in [6.07, 6.45) is 0. The van der Waals surface area contributed by atoms with Crippen LogP contribution in [0.1, 0.15) is 5.56 Å². The van der Waals surface area contributed by atoms with Crippen LogP contribution in [0.3, 0.4) is 0 Å². The number of halogens is 1. The highest BCUT2D eigenvalue weighted by Gasteiger charge is 2.08. The minimum atomic E-state index is 0.462. The quantitative estimate of drug-likeness (QED) is 0.777. The number of nitrogens with zero attached hydrogens (tertiary/aromatic N) is 2. The van der Waals surface area contributed by atoms with E-state index in [1.807, 2.05) is 48.5 Å². The summed E-state index contributed by atoms with van der Waals surface area (Å²) in [5, 5.41) is 3.87. The first-order valence-corrected chi connectivity index (χ1v) is 7.37. The van der Waals surface area contributed by atoms with Crippen LogP contribution in [0.5, 0.6) is 5.88 Å². The van der Waals surface area contributed by atoms with E-state index in [0.717, 1.165) is 20.9 Å². The van der Waals surface area contributed by atoms with E-state index in [4.69, 9.17) is 4.74 Å². The molecule has 0 spiro atoms. The van der Waals surface area contributed by atoms with Gasteiger partial charge in [0, 0.05) is 11.5 Å².